The minimum atomic E-state index is -0.573. The lowest BCUT2D eigenvalue weighted by Crippen LogP contribution is -2.39. The zero-order valence-corrected chi connectivity index (χ0v) is 19.2. The number of carbonyl (C=O) groups excluding carboxylic acids is 1. The van der Waals surface area contributed by atoms with Crippen LogP contribution in [0.5, 0.6) is 0 Å². The van der Waals surface area contributed by atoms with Gasteiger partial charge in [0.2, 0.25) is 0 Å². The number of allylic oxidation sites excluding steroid dienone is 1. The Hall–Kier alpha value is -2.19. The fourth-order valence-electron chi connectivity index (χ4n) is 3.26. The van der Waals surface area contributed by atoms with Gasteiger partial charge in [-0.15, -0.1) is 11.3 Å². The summed E-state index contributed by atoms with van der Waals surface area (Å²) in [5, 5.41) is 2.77. The average Bonchev–Trinajstić information content (AvgIpc) is 3.33. The van der Waals surface area contributed by atoms with E-state index in [0.29, 0.717) is 30.6 Å². The number of carbonyl (C=O) groups is 1. The van der Waals surface area contributed by atoms with Crippen LogP contribution in [0.4, 0.5) is 0 Å². The molecular weight excluding hydrogens is 463 g/mol. The van der Waals surface area contributed by atoms with Crippen LogP contribution in [-0.2, 0) is 9.53 Å². The molecule has 1 aliphatic rings. The van der Waals surface area contributed by atoms with Crippen molar-refractivity contribution in [2.24, 2.45) is 4.99 Å². The summed E-state index contributed by atoms with van der Waals surface area (Å²) in [5.74, 6) is -0.462. The lowest BCUT2D eigenvalue weighted by Gasteiger charge is -2.23. The van der Waals surface area contributed by atoms with E-state index in [1.807, 2.05) is 17.5 Å². The fraction of sp³-hybridized carbons (Fsp3) is 0.190. The molecule has 4 rings (SSSR count). The number of hydrogen-bond acceptors (Lipinski definition) is 6. The molecule has 0 radical (unpaired) electrons. The van der Waals surface area contributed by atoms with Crippen LogP contribution in [0.1, 0.15) is 30.3 Å². The van der Waals surface area contributed by atoms with Crippen LogP contribution >= 0.6 is 45.9 Å². The van der Waals surface area contributed by atoms with Gasteiger partial charge in [0.15, 0.2) is 4.80 Å². The first-order valence-electron chi connectivity index (χ1n) is 9.08. The summed E-state index contributed by atoms with van der Waals surface area (Å²) < 4.78 is 7.32. The first-order chi connectivity index (χ1) is 14.4. The Bertz CT molecular complexity index is 1340. The molecule has 0 amide bonds. The molecule has 154 valence electrons. The maximum Gasteiger partial charge on any atom is 0.338 e. The van der Waals surface area contributed by atoms with E-state index in [9.17, 15) is 9.59 Å². The number of esters is 1. The van der Waals surface area contributed by atoms with Gasteiger partial charge in [-0.1, -0.05) is 46.7 Å². The molecule has 2 aromatic heterocycles. The average molecular weight is 479 g/mol. The van der Waals surface area contributed by atoms with E-state index in [2.05, 4.69) is 4.99 Å². The summed E-state index contributed by atoms with van der Waals surface area (Å²) in [6, 6.07) is 8.40. The van der Waals surface area contributed by atoms with Crippen molar-refractivity contribution >= 4 is 57.9 Å². The first-order valence-corrected chi connectivity index (χ1v) is 11.5. The van der Waals surface area contributed by atoms with Crippen LogP contribution in [0.3, 0.4) is 0 Å². The molecule has 1 unspecified atom stereocenters. The Morgan fingerprint density at radius 1 is 1.30 bits per heavy atom. The van der Waals surface area contributed by atoms with E-state index in [1.165, 1.54) is 22.7 Å². The molecule has 0 aliphatic carbocycles. The summed E-state index contributed by atoms with van der Waals surface area (Å²) in [6.07, 6.45) is 1.75. The molecule has 0 fully saturated rings. The number of hydrogen-bond donors (Lipinski definition) is 0. The van der Waals surface area contributed by atoms with Gasteiger partial charge in [0.05, 0.1) is 32.5 Å². The summed E-state index contributed by atoms with van der Waals surface area (Å²) in [6.45, 7) is 3.76. The fourth-order valence-corrected chi connectivity index (χ4v) is 5.44. The molecule has 9 heteroatoms. The second kappa shape index (κ2) is 8.51. The van der Waals surface area contributed by atoms with Crippen LogP contribution in [0.15, 0.2) is 56.8 Å². The highest BCUT2D eigenvalue weighted by atomic mass is 35.5. The quantitative estimate of drug-likeness (QED) is 0.528. The summed E-state index contributed by atoms with van der Waals surface area (Å²) in [4.78, 5) is 32.0. The van der Waals surface area contributed by atoms with Crippen LogP contribution in [-0.4, -0.2) is 17.1 Å². The molecular formula is C21H16Cl2N2O3S2. The molecule has 5 nitrogen and oxygen atoms in total. The van der Waals surface area contributed by atoms with E-state index in [-0.39, 0.29) is 12.2 Å². The Kier molecular flexibility index (Phi) is 5.97. The number of halogens is 2. The van der Waals surface area contributed by atoms with E-state index in [0.717, 1.165) is 10.4 Å². The molecule has 30 heavy (non-hydrogen) atoms. The number of ether oxygens (including phenoxy) is 1. The standard InChI is InChI=1S/C21H16Cl2N2O3S2/c1-3-28-20(27)17-11(2)24-21-25(18(17)15-5-4-8-29-15)19(26)16(30-21)10-12-6-7-13(22)14(23)9-12/h4-10,18H,3H2,1-2H3/b16-10-. The van der Waals surface area contributed by atoms with Crippen molar-refractivity contribution in [2.75, 3.05) is 6.61 Å². The zero-order chi connectivity index (χ0) is 21.4. The summed E-state index contributed by atoms with van der Waals surface area (Å²) >= 11 is 14.8. The minimum absolute atomic E-state index is 0.225. The highest BCUT2D eigenvalue weighted by Crippen LogP contribution is 2.33. The summed E-state index contributed by atoms with van der Waals surface area (Å²) in [7, 11) is 0. The van der Waals surface area contributed by atoms with E-state index >= 15 is 0 Å². The van der Waals surface area contributed by atoms with Crippen LogP contribution in [0.2, 0.25) is 10.0 Å². The highest BCUT2D eigenvalue weighted by molar-refractivity contribution is 7.10. The second-order valence-corrected chi connectivity index (χ2v) is 9.29. The highest BCUT2D eigenvalue weighted by Gasteiger charge is 2.33. The van der Waals surface area contributed by atoms with E-state index in [4.69, 9.17) is 27.9 Å². The normalized spacial score (nSPS) is 16.4. The van der Waals surface area contributed by atoms with Gasteiger partial charge in [0, 0.05) is 4.88 Å². The van der Waals surface area contributed by atoms with Crippen molar-refractivity contribution in [3.05, 3.63) is 87.2 Å². The molecule has 0 saturated heterocycles. The van der Waals surface area contributed by atoms with E-state index in [1.54, 1.807) is 42.7 Å². The molecule has 0 spiro atoms. The maximum atomic E-state index is 13.4. The molecule has 1 aromatic carbocycles. The largest absolute Gasteiger partial charge is 0.463 e. The lowest BCUT2D eigenvalue weighted by atomic mass is 10.0. The molecule has 0 N–H and O–H groups in total. The predicted molar refractivity (Wildman–Crippen MR) is 121 cm³/mol. The zero-order valence-electron chi connectivity index (χ0n) is 16.0. The number of aromatic nitrogens is 1. The van der Waals surface area contributed by atoms with Crippen LogP contribution in [0, 0.1) is 0 Å². The lowest BCUT2D eigenvalue weighted by molar-refractivity contribution is -0.139. The molecule has 3 aromatic rings. The van der Waals surface area contributed by atoms with Crippen molar-refractivity contribution < 1.29 is 9.53 Å². The van der Waals surface area contributed by atoms with Gasteiger partial charge in [0.1, 0.15) is 6.04 Å². The van der Waals surface area contributed by atoms with Crippen LogP contribution < -0.4 is 14.9 Å². The Labute approximate surface area is 190 Å². The molecule has 1 atom stereocenters. The van der Waals surface area contributed by atoms with Gasteiger partial charge in [-0.25, -0.2) is 9.79 Å². The van der Waals surface area contributed by atoms with Crippen molar-refractivity contribution in [1.29, 1.82) is 0 Å². The Morgan fingerprint density at radius 3 is 2.77 bits per heavy atom. The Balaban J connectivity index is 1.93. The van der Waals surface area contributed by atoms with E-state index < -0.39 is 12.0 Å². The molecule has 3 heterocycles. The third-order valence-electron chi connectivity index (χ3n) is 4.57. The van der Waals surface area contributed by atoms with Crippen molar-refractivity contribution in [3.63, 3.8) is 0 Å². The van der Waals surface area contributed by atoms with Crippen molar-refractivity contribution in [2.45, 2.75) is 19.9 Å². The van der Waals surface area contributed by atoms with Gasteiger partial charge in [-0.05, 0) is 49.1 Å². The predicted octanol–water partition coefficient (Wildman–Crippen LogP) is 4.17. The molecule has 1 aliphatic heterocycles. The second-order valence-electron chi connectivity index (χ2n) is 6.49. The van der Waals surface area contributed by atoms with Crippen LogP contribution in [0.25, 0.3) is 6.08 Å². The van der Waals surface area contributed by atoms with Gasteiger partial charge in [-0.3, -0.25) is 9.36 Å². The van der Waals surface area contributed by atoms with Gasteiger partial charge >= 0.3 is 5.97 Å². The van der Waals surface area contributed by atoms with Crippen molar-refractivity contribution in [3.8, 4) is 0 Å². The SMILES string of the molecule is CCOC(=O)C1=C(C)N=c2s/c(=C\c3ccc(Cl)c(Cl)c3)c(=O)n2C1c1cccs1. The topological polar surface area (TPSA) is 60.7 Å². The molecule has 0 bridgehead atoms. The monoisotopic (exact) mass is 478 g/mol. The third kappa shape index (κ3) is 3.78. The number of thiazole rings is 1. The minimum Gasteiger partial charge on any atom is -0.463 e. The summed E-state index contributed by atoms with van der Waals surface area (Å²) in [5.41, 5.74) is 1.46. The molecule has 0 saturated carbocycles. The number of thiophene rings is 1. The number of fused-ring (bicyclic) bond motifs is 1. The number of nitrogens with zero attached hydrogens (tertiary/aromatic N) is 2. The van der Waals surface area contributed by atoms with Gasteiger partial charge in [-0.2, -0.15) is 0 Å². The van der Waals surface area contributed by atoms with Crippen molar-refractivity contribution in [1.82, 2.24) is 4.57 Å². The smallest absolute Gasteiger partial charge is 0.338 e. The number of benzene rings is 1. The number of rotatable bonds is 4. The Morgan fingerprint density at radius 2 is 2.10 bits per heavy atom. The van der Waals surface area contributed by atoms with Gasteiger partial charge in [0.25, 0.3) is 5.56 Å². The maximum absolute atomic E-state index is 13.4. The third-order valence-corrected chi connectivity index (χ3v) is 7.22. The first kappa shape index (κ1) is 21.1. The van der Waals surface area contributed by atoms with Gasteiger partial charge < -0.3 is 4.74 Å².